The molecule has 1 fully saturated rings. The largest absolute Gasteiger partial charge is 0.462 e. The Bertz CT molecular complexity index is 1520. The Morgan fingerprint density at radius 2 is 1.78 bits per heavy atom. The van der Waals surface area contributed by atoms with E-state index < -0.39 is 21.9 Å². The van der Waals surface area contributed by atoms with Gasteiger partial charge in [0.25, 0.3) is 10.0 Å². The molecule has 2 aromatic carbocycles. The minimum atomic E-state index is -4.16. The summed E-state index contributed by atoms with van der Waals surface area (Å²) in [5, 5.41) is 2.05. The summed E-state index contributed by atoms with van der Waals surface area (Å²) in [6.45, 7) is 1.88. The van der Waals surface area contributed by atoms with Crippen LogP contribution in [-0.2, 0) is 19.6 Å². The average Bonchev–Trinajstić information content (AvgIpc) is 3.59. The van der Waals surface area contributed by atoms with Crippen LogP contribution in [0.25, 0.3) is 22.3 Å². The quantitative estimate of drug-likeness (QED) is 0.245. The maximum Gasteiger partial charge on any atom is 0.342 e. The molecule has 9 heteroatoms. The van der Waals surface area contributed by atoms with Gasteiger partial charge in [-0.2, -0.15) is 8.42 Å². The molecule has 192 valence electrons. The molecular formula is C28H27NO6S2. The number of fused-ring (bicyclic) bond motifs is 1. The Balaban J connectivity index is 1.69. The molecule has 7 nitrogen and oxygen atoms in total. The number of ether oxygens (including phenoxy) is 1. The van der Waals surface area contributed by atoms with Gasteiger partial charge in [-0.05, 0) is 49.4 Å². The molecule has 0 aliphatic heterocycles. The first-order valence-corrected chi connectivity index (χ1v) is 14.7. The maximum absolute atomic E-state index is 13.8. The number of esters is 1. The van der Waals surface area contributed by atoms with Crippen LogP contribution >= 0.6 is 11.3 Å². The molecule has 0 radical (unpaired) electrons. The van der Waals surface area contributed by atoms with E-state index in [1.807, 2.05) is 30.3 Å². The summed E-state index contributed by atoms with van der Waals surface area (Å²) >= 11 is 1.06. The molecular weight excluding hydrogens is 510 g/mol. The summed E-state index contributed by atoms with van der Waals surface area (Å²) in [5.74, 6) is -1.08. The standard InChI is InChI=1S/C28H27NO6S2/c1-2-34-28(31)25-22-18-21(15-16-23(22)35-26(25)19-10-5-3-6-11-19)29(27(30)20-12-7-4-8-13-20)37(32,33)24-14-9-17-36-24/h3,5-6,9-11,14-18,20H,2,4,7-8,12-13H2,1H3. The van der Waals surface area contributed by atoms with Gasteiger partial charge in [-0.15, -0.1) is 11.3 Å². The van der Waals surface area contributed by atoms with Crippen LogP contribution in [0.3, 0.4) is 0 Å². The Labute approximate surface area is 219 Å². The van der Waals surface area contributed by atoms with Crippen molar-refractivity contribution in [3.8, 4) is 11.3 Å². The van der Waals surface area contributed by atoms with Crippen molar-refractivity contribution < 1.29 is 27.2 Å². The zero-order valence-corrected chi connectivity index (χ0v) is 22.0. The van der Waals surface area contributed by atoms with E-state index in [-0.39, 0.29) is 28.0 Å². The fraction of sp³-hybridized carbons (Fsp3) is 0.286. The Morgan fingerprint density at radius 1 is 1.03 bits per heavy atom. The van der Waals surface area contributed by atoms with Crippen LogP contribution in [-0.4, -0.2) is 26.9 Å². The normalized spacial score (nSPS) is 14.5. The average molecular weight is 538 g/mol. The third-order valence-electron chi connectivity index (χ3n) is 6.57. The van der Waals surface area contributed by atoms with Gasteiger partial charge in [0.05, 0.1) is 12.3 Å². The highest BCUT2D eigenvalue weighted by molar-refractivity contribution is 7.95. The first-order valence-electron chi connectivity index (χ1n) is 12.3. The van der Waals surface area contributed by atoms with Crippen molar-refractivity contribution in [2.45, 2.75) is 43.2 Å². The number of anilines is 1. The molecule has 5 rings (SSSR count). The lowest BCUT2D eigenvalue weighted by atomic mass is 9.88. The Kier molecular flexibility index (Phi) is 7.17. The van der Waals surface area contributed by atoms with E-state index in [0.717, 1.165) is 34.9 Å². The van der Waals surface area contributed by atoms with Gasteiger partial charge < -0.3 is 9.15 Å². The monoisotopic (exact) mass is 537 g/mol. The van der Waals surface area contributed by atoms with Crippen molar-refractivity contribution in [3.63, 3.8) is 0 Å². The molecule has 0 bridgehead atoms. The number of thiophene rings is 1. The van der Waals surface area contributed by atoms with Crippen LogP contribution in [0.15, 0.2) is 74.7 Å². The molecule has 0 spiro atoms. The van der Waals surface area contributed by atoms with Crippen molar-refractivity contribution in [2.24, 2.45) is 5.92 Å². The highest BCUT2D eigenvalue weighted by Gasteiger charge is 2.37. The zero-order valence-electron chi connectivity index (χ0n) is 20.4. The number of carbonyl (C=O) groups excluding carboxylic acids is 2. The summed E-state index contributed by atoms with van der Waals surface area (Å²) in [6, 6.07) is 17.0. The smallest absolute Gasteiger partial charge is 0.342 e. The maximum atomic E-state index is 13.8. The van der Waals surface area contributed by atoms with Crippen LogP contribution in [0.4, 0.5) is 5.69 Å². The fourth-order valence-corrected chi connectivity index (χ4v) is 7.34. The fourth-order valence-electron chi connectivity index (χ4n) is 4.81. The molecule has 0 saturated heterocycles. The van der Waals surface area contributed by atoms with Gasteiger partial charge in [-0.3, -0.25) is 4.79 Å². The van der Waals surface area contributed by atoms with Gasteiger partial charge in [0, 0.05) is 16.9 Å². The minimum absolute atomic E-state index is 0.0829. The molecule has 2 heterocycles. The van der Waals surface area contributed by atoms with E-state index in [4.69, 9.17) is 9.15 Å². The van der Waals surface area contributed by atoms with Gasteiger partial charge in [0.2, 0.25) is 5.91 Å². The van der Waals surface area contributed by atoms with Crippen LogP contribution in [0, 0.1) is 5.92 Å². The molecule has 1 saturated carbocycles. The third-order valence-corrected chi connectivity index (χ3v) is 9.66. The topological polar surface area (TPSA) is 93.9 Å². The molecule has 4 aromatic rings. The molecule has 1 amide bonds. The molecule has 1 aliphatic rings. The highest BCUT2D eigenvalue weighted by atomic mass is 32.2. The molecule has 37 heavy (non-hydrogen) atoms. The van der Waals surface area contributed by atoms with E-state index in [1.54, 1.807) is 36.6 Å². The summed E-state index contributed by atoms with van der Waals surface area (Å²) in [6.07, 6.45) is 4.10. The lowest BCUT2D eigenvalue weighted by molar-refractivity contribution is -0.122. The summed E-state index contributed by atoms with van der Waals surface area (Å²) < 4.78 is 39.9. The van der Waals surface area contributed by atoms with Crippen LogP contribution < -0.4 is 4.31 Å². The SMILES string of the molecule is CCOC(=O)c1c(-c2ccccc2)oc2ccc(N(C(=O)C3CCCCC3)S(=O)(=O)c3cccs3)cc12. The molecule has 2 aromatic heterocycles. The van der Waals surface area contributed by atoms with Crippen molar-refractivity contribution >= 4 is 49.9 Å². The first-order chi connectivity index (χ1) is 17.9. The predicted molar refractivity (Wildman–Crippen MR) is 143 cm³/mol. The predicted octanol–water partition coefficient (Wildman–Crippen LogP) is 6.64. The minimum Gasteiger partial charge on any atom is -0.462 e. The van der Waals surface area contributed by atoms with E-state index in [9.17, 15) is 18.0 Å². The van der Waals surface area contributed by atoms with E-state index in [0.29, 0.717) is 35.1 Å². The lowest BCUT2D eigenvalue weighted by Crippen LogP contribution is -2.41. The number of sulfonamides is 1. The first kappa shape index (κ1) is 25.2. The van der Waals surface area contributed by atoms with Gasteiger partial charge in [-0.25, -0.2) is 9.10 Å². The van der Waals surface area contributed by atoms with Crippen molar-refractivity contribution in [1.82, 2.24) is 0 Å². The second-order valence-electron chi connectivity index (χ2n) is 8.95. The number of hydrogen-bond acceptors (Lipinski definition) is 7. The summed E-state index contributed by atoms with van der Waals surface area (Å²) in [7, 11) is -4.16. The number of amides is 1. The number of nitrogens with zero attached hydrogens (tertiary/aromatic N) is 1. The number of carbonyl (C=O) groups is 2. The molecule has 1 aliphatic carbocycles. The number of furan rings is 1. The van der Waals surface area contributed by atoms with Crippen molar-refractivity contribution in [2.75, 3.05) is 10.9 Å². The van der Waals surface area contributed by atoms with Gasteiger partial charge in [0.1, 0.15) is 21.1 Å². The zero-order chi connectivity index (χ0) is 26.0. The highest BCUT2D eigenvalue weighted by Crippen LogP contribution is 2.39. The van der Waals surface area contributed by atoms with Crippen molar-refractivity contribution in [1.29, 1.82) is 0 Å². The lowest BCUT2D eigenvalue weighted by Gasteiger charge is -2.28. The number of hydrogen-bond donors (Lipinski definition) is 0. The number of benzene rings is 2. The Morgan fingerprint density at radius 3 is 2.46 bits per heavy atom. The van der Waals surface area contributed by atoms with Crippen LogP contribution in [0.2, 0.25) is 0 Å². The van der Waals surface area contributed by atoms with Crippen LogP contribution in [0.5, 0.6) is 0 Å². The summed E-state index contributed by atoms with van der Waals surface area (Å²) in [5.41, 5.74) is 1.44. The van der Waals surface area contributed by atoms with Crippen molar-refractivity contribution in [3.05, 3.63) is 71.6 Å². The third kappa shape index (κ3) is 4.81. The van der Waals surface area contributed by atoms with Crippen LogP contribution in [0.1, 0.15) is 49.4 Å². The van der Waals surface area contributed by atoms with Gasteiger partial charge in [0.15, 0.2) is 0 Å². The van der Waals surface area contributed by atoms with E-state index in [2.05, 4.69) is 0 Å². The number of rotatable bonds is 7. The molecule has 0 N–H and O–H groups in total. The van der Waals surface area contributed by atoms with Gasteiger partial charge >= 0.3 is 5.97 Å². The van der Waals surface area contributed by atoms with Gasteiger partial charge in [-0.1, -0.05) is 55.7 Å². The molecule has 0 unspecified atom stereocenters. The van der Waals surface area contributed by atoms with E-state index in [1.165, 1.54) is 6.07 Å². The Hall–Kier alpha value is -3.43. The second kappa shape index (κ2) is 10.5. The summed E-state index contributed by atoms with van der Waals surface area (Å²) in [4.78, 5) is 26.8. The second-order valence-corrected chi connectivity index (χ2v) is 11.9. The van der Waals surface area contributed by atoms with E-state index >= 15 is 0 Å². The molecule has 0 atom stereocenters.